The molecule has 0 saturated heterocycles. The number of aromatic nitrogens is 3. The summed E-state index contributed by atoms with van der Waals surface area (Å²) < 4.78 is 1.89. The van der Waals surface area contributed by atoms with Crippen LogP contribution >= 0.6 is 0 Å². The second-order valence-electron chi connectivity index (χ2n) is 6.73. The van der Waals surface area contributed by atoms with Crippen LogP contribution in [0.3, 0.4) is 0 Å². The highest BCUT2D eigenvalue weighted by atomic mass is 15.4. The molecule has 0 bridgehead atoms. The van der Waals surface area contributed by atoms with E-state index in [1.807, 2.05) is 35.0 Å². The third-order valence-electron chi connectivity index (χ3n) is 5.09. The molecule has 1 aromatic heterocycles. The molecule has 3 atom stereocenters. The second-order valence-corrected chi connectivity index (χ2v) is 6.73. The van der Waals surface area contributed by atoms with Gasteiger partial charge in [0, 0.05) is 12.1 Å². The standard InChI is InChI=1S/C20H23N5/c1-13(22-18-12-15-8-6-7-11-17(15)19(18)21)20-14(2)25(24-23-20)16-9-4-3-5-10-16/h3-11,13,18-19,22H,12,21H2,1-2H3/t13?,18-,19-/m1/s1. The van der Waals surface area contributed by atoms with Crippen LogP contribution in [0.1, 0.15) is 41.5 Å². The molecule has 4 rings (SSSR count). The zero-order valence-corrected chi connectivity index (χ0v) is 14.6. The number of nitrogens with one attached hydrogen (secondary N) is 1. The molecule has 5 nitrogen and oxygen atoms in total. The van der Waals surface area contributed by atoms with Crippen molar-refractivity contribution >= 4 is 0 Å². The second kappa shape index (κ2) is 6.43. The van der Waals surface area contributed by atoms with Crippen LogP contribution in [0.5, 0.6) is 0 Å². The molecule has 2 aromatic carbocycles. The van der Waals surface area contributed by atoms with Crippen LogP contribution in [0.15, 0.2) is 54.6 Å². The normalized spacial score (nSPS) is 20.4. The number of rotatable bonds is 4. The van der Waals surface area contributed by atoms with E-state index >= 15 is 0 Å². The third kappa shape index (κ3) is 2.86. The molecule has 0 saturated carbocycles. The van der Waals surface area contributed by atoms with Crippen molar-refractivity contribution in [1.82, 2.24) is 20.3 Å². The van der Waals surface area contributed by atoms with Crippen LogP contribution in [-0.4, -0.2) is 21.0 Å². The third-order valence-corrected chi connectivity index (χ3v) is 5.09. The summed E-state index contributed by atoms with van der Waals surface area (Å²) >= 11 is 0. The first-order valence-corrected chi connectivity index (χ1v) is 8.72. The van der Waals surface area contributed by atoms with E-state index in [1.165, 1.54) is 11.1 Å². The molecule has 1 heterocycles. The lowest BCUT2D eigenvalue weighted by molar-refractivity contribution is 0.412. The van der Waals surface area contributed by atoms with Crippen LogP contribution in [0.25, 0.3) is 5.69 Å². The van der Waals surface area contributed by atoms with E-state index in [0.29, 0.717) is 0 Å². The van der Waals surface area contributed by atoms with Crippen LogP contribution in [-0.2, 0) is 6.42 Å². The molecule has 0 amide bonds. The Balaban J connectivity index is 1.53. The molecule has 128 valence electrons. The molecular formula is C20H23N5. The fraction of sp³-hybridized carbons (Fsp3) is 0.300. The smallest absolute Gasteiger partial charge is 0.103 e. The van der Waals surface area contributed by atoms with Gasteiger partial charge in [0.1, 0.15) is 5.69 Å². The summed E-state index contributed by atoms with van der Waals surface area (Å²) in [4.78, 5) is 0. The largest absolute Gasteiger partial charge is 0.323 e. The van der Waals surface area contributed by atoms with Crippen molar-refractivity contribution in [3.63, 3.8) is 0 Å². The van der Waals surface area contributed by atoms with E-state index in [0.717, 1.165) is 23.5 Å². The quantitative estimate of drug-likeness (QED) is 0.770. The van der Waals surface area contributed by atoms with Crippen molar-refractivity contribution in [2.75, 3.05) is 0 Å². The van der Waals surface area contributed by atoms with Gasteiger partial charge in [-0.15, -0.1) is 5.10 Å². The Morgan fingerprint density at radius 3 is 2.60 bits per heavy atom. The van der Waals surface area contributed by atoms with Crippen LogP contribution in [0.2, 0.25) is 0 Å². The number of hydrogen-bond donors (Lipinski definition) is 2. The molecule has 1 unspecified atom stereocenters. The maximum atomic E-state index is 6.45. The number of benzene rings is 2. The highest BCUT2D eigenvalue weighted by Crippen LogP contribution is 2.31. The molecular weight excluding hydrogens is 310 g/mol. The minimum atomic E-state index is 0.0168. The number of hydrogen-bond acceptors (Lipinski definition) is 4. The van der Waals surface area contributed by atoms with Gasteiger partial charge < -0.3 is 11.1 Å². The fourth-order valence-electron chi connectivity index (χ4n) is 3.74. The molecule has 3 aromatic rings. The Kier molecular flexibility index (Phi) is 4.11. The minimum Gasteiger partial charge on any atom is -0.323 e. The molecule has 25 heavy (non-hydrogen) atoms. The Bertz CT molecular complexity index is 871. The van der Waals surface area contributed by atoms with E-state index in [2.05, 4.69) is 53.7 Å². The van der Waals surface area contributed by atoms with Gasteiger partial charge in [-0.3, -0.25) is 0 Å². The Labute approximate surface area is 147 Å². The van der Waals surface area contributed by atoms with Gasteiger partial charge in [-0.2, -0.15) is 0 Å². The van der Waals surface area contributed by atoms with Gasteiger partial charge in [-0.25, -0.2) is 4.68 Å². The summed E-state index contributed by atoms with van der Waals surface area (Å²) in [6, 6.07) is 18.8. The van der Waals surface area contributed by atoms with E-state index in [4.69, 9.17) is 5.73 Å². The summed E-state index contributed by atoms with van der Waals surface area (Å²) in [5.41, 5.74) is 12.1. The predicted molar refractivity (Wildman–Crippen MR) is 98.5 cm³/mol. The lowest BCUT2D eigenvalue weighted by Gasteiger charge is -2.22. The Morgan fingerprint density at radius 2 is 1.84 bits per heavy atom. The summed E-state index contributed by atoms with van der Waals surface area (Å²) in [7, 11) is 0. The maximum Gasteiger partial charge on any atom is 0.103 e. The first-order chi connectivity index (χ1) is 12.1. The van der Waals surface area contributed by atoms with Gasteiger partial charge in [-0.1, -0.05) is 47.7 Å². The maximum absolute atomic E-state index is 6.45. The van der Waals surface area contributed by atoms with Gasteiger partial charge in [0.2, 0.25) is 0 Å². The average molecular weight is 333 g/mol. The highest BCUT2D eigenvalue weighted by Gasteiger charge is 2.31. The van der Waals surface area contributed by atoms with E-state index in [1.54, 1.807) is 0 Å². The molecule has 1 aliphatic carbocycles. The number of nitrogens with zero attached hydrogens (tertiary/aromatic N) is 3. The van der Waals surface area contributed by atoms with Crippen molar-refractivity contribution in [1.29, 1.82) is 0 Å². The van der Waals surface area contributed by atoms with E-state index < -0.39 is 0 Å². The summed E-state index contributed by atoms with van der Waals surface area (Å²) in [6.07, 6.45) is 0.952. The Morgan fingerprint density at radius 1 is 1.12 bits per heavy atom. The van der Waals surface area contributed by atoms with Crippen molar-refractivity contribution in [2.24, 2.45) is 5.73 Å². The summed E-state index contributed by atoms with van der Waals surface area (Å²) in [5.74, 6) is 0. The SMILES string of the molecule is Cc1c(C(C)N[C@@H]2Cc3ccccc3[C@H]2N)nnn1-c1ccccc1. The summed E-state index contributed by atoms with van der Waals surface area (Å²) in [6.45, 7) is 4.19. The van der Waals surface area contributed by atoms with E-state index in [9.17, 15) is 0 Å². The van der Waals surface area contributed by atoms with Gasteiger partial charge >= 0.3 is 0 Å². The molecule has 0 fully saturated rings. The topological polar surface area (TPSA) is 68.8 Å². The fourth-order valence-corrected chi connectivity index (χ4v) is 3.74. The lowest BCUT2D eigenvalue weighted by Crippen LogP contribution is -2.38. The monoisotopic (exact) mass is 333 g/mol. The zero-order chi connectivity index (χ0) is 17.4. The first-order valence-electron chi connectivity index (χ1n) is 8.72. The van der Waals surface area contributed by atoms with Crippen molar-refractivity contribution < 1.29 is 0 Å². The molecule has 3 N–H and O–H groups in total. The van der Waals surface area contributed by atoms with Crippen molar-refractivity contribution in [3.05, 3.63) is 77.1 Å². The summed E-state index contributed by atoms with van der Waals surface area (Å²) in [5, 5.41) is 12.4. The molecule has 0 radical (unpaired) electrons. The zero-order valence-electron chi connectivity index (χ0n) is 14.6. The number of fused-ring (bicyclic) bond motifs is 1. The number of para-hydroxylation sites is 1. The first kappa shape index (κ1) is 16.0. The number of nitrogens with two attached hydrogens (primary N) is 1. The molecule has 5 heteroatoms. The van der Waals surface area contributed by atoms with Crippen LogP contribution < -0.4 is 11.1 Å². The van der Waals surface area contributed by atoms with Gasteiger partial charge in [0.05, 0.1) is 17.4 Å². The highest BCUT2D eigenvalue weighted by molar-refractivity contribution is 5.37. The van der Waals surface area contributed by atoms with Gasteiger partial charge in [0.15, 0.2) is 0 Å². The molecule has 1 aliphatic rings. The lowest BCUT2D eigenvalue weighted by atomic mass is 10.1. The predicted octanol–water partition coefficient (Wildman–Crippen LogP) is 2.85. The van der Waals surface area contributed by atoms with E-state index in [-0.39, 0.29) is 18.1 Å². The van der Waals surface area contributed by atoms with Crippen LogP contribution in [0.4, 0.5) is 0 Å². The molecule has 0 aliphatic heterocycles. The van der Waals surface area contributed by atoms with Crippen molar-refractivity contribution in [3.8, 4) is 5.69 Å². The van der Waals surface area contributed by atoms with Crippen molar-refractivity contribution in [2.45, 2.75) is 38.4 Å². The van der Waals surface area contributed by atoms with Gasteiger partial charge in [0.25, 0.3) is 0 Å². The van der Waals surface area contributed by atoms with Gasteiger partial charge in [-0.05, 0) is 43.5 Å². The van der Waals surface area contributed by atoms with Crippen LogP contribution in [0, 0.1) is 6.92 Å². The minimum absolute atomic E-state index is 0.0168. The molecule has 0 spiro atoms. The Hall–Kier alpha value is -2.50. The average Bonchev–Trinajstić information content (AvgIpc) is 3.17.